The van der Waals surface area contributed by atoms with Crippen molar-refractivity contribution in [1.82, 2.24) is 0 Å². The molecular weight excluding hydrogens is 252 g/mol. The van der Waals surface area contributed by atoms with Crippen LogP contribution in [0.2, 0.25) is 0 Å². The Labute approximate surface area is 97.2 Å². The van der Waals surface area contributed by atoms with E-state index in [-0.39, 0.29) is 12.8 Å². The maximum absolute atomic E-state index is 10.4. The summed E-state index contributed by atoms with van der Waals surface area (Å²) in [5, 5.41) is 17.8. The molecule has 0 aromatic heterocycles. The smallest absolute Gasteiger partial charge is 0.446 e. The van der Waals surface area contributed by atoms with Crippen LogP contribution >= 0.6 is 0 Å². The third-order valence-corrected chi connectivity index (χ3v) is 2.24. The molecule has 0 unspecified atom stereocenters. The molecule has 0 aliphatic heterocycles. The minimum absolute atomic E-state index is 0.113. The van der Waals surface area contributed by atoms with E-state index in [2.05, 4.69) is 4.18 Å². The average molecular weight is 262 g/mol. The van der Waals surface area contributed by atoms with E-state index >= 15 is 0 Å². The number of carboxylic acid groups (broad SMARTS) is 1. The minimum Gasteiger partial charge on any atom is -0.504 e. The van der Waals surface area contributed by atoms with Crippen LogP contribution in [0.15, 0.2) is 18.2 Å². The van der Waals surface area contributed by atoms with E-state index in [1.54, 1.807) is 0 Å². The Kier molecular flexibility index (Phi) is 3.92. The Morgan fingerprint density at radius 1 is 1.35 bits per heavy atom. The third kappa shape index (κ3) is 4.70. The molecule has 3 N–H and O–H groups in total. The van der Waals surface area contributed by atoms with Gasteiger partial charge in [0.15, 0.2) is 11.5 Å². The average Bonchev–Trinajstić information content (AvgIpc) is 2.17. The Hall–Kier alpha value is -1.80. The maximum Gasteiger partial charge on any atom is 0.446 e. The van der Waals surface area contributed by atoms with Crippen LogP contribution in [-0.4, -0.2) is 29.2 Å². The third-order valence-electron chi connectivity index (χ3n) is 1.85. The van der Waals surface area contributed by atoms with Crippen molar-refractivity contribution in [3.8, 4) is 11.5 Å². The number of benzene rings is 1. The van der Waals surface area contributed by atoms with Crippen molar-refractivity contribution in [2.24, 2.45) is 0 Å². The topological polar surface area (TPSA) is 121 Å². The van der Waals surface area contributed by atoms with E-state index in [4.69, 9.17) is 9.66 Å². The van der Waals surface area contributed by atoms with Crippen LogP contribution in [0, 0.1) is 0 Å². The predicted molar refractivity (Wildman–Crippen MR) is 56.2 cm³/mol. The van der Waals surface area contributed by atoms with Gasteiger partial charge in [0.1, 0.15) is 0 Å². The molecule has 1 aromatic carbocycles. The van der Waals surface area contributed by atoms with Crippen LogP contribution < -0.4 is 4.18 Å². The summed E-state index contributed by atoms with van der Waals surface area (Å²) in [5.74, 6) is -1.90. The molecule has 8 heteroatoms. The summed E-state index contributed by atoms with van der Waals surface area (Å²) < 4.78 is 33.3. The van der Waals surface area contributed by atoms with Crippen LogP contribution in [0.1, 0.15) is 12.0 Å². The first-order valence-electron chi connectivity index (χ1n) is 4.48. The standard InChI is InChI=1S/C9H10O7S/c10-7-5-6(2-4-9(11)12)1-3-8(7)16-17(13,14)15/h1,3,5,10H,2,4H2,(H,11,12)(H,13,14,15). The van der Waals surface area contributed by atoms with Crippen molar-refractivity contribution in [1.29, 1.82) is 0 Å². The molecule has 1 rings (SSSR count). The first-order chi connectivity index (χ1) is 7.78. The highest BCUT2D eigenvalue weighted by molar-refractivity contribution is 7.81. The Balaban J connectivity index is 2.83. The lowest BCUT2D eigenvalue weighted by atomic mass is 10.1. The predicted octanol–water partition coefficient (Wildman–Crippen LogP) is 0.591. The SMILES string of the molecule is O=C(O)CCc1ccc(OS(=O)(=O)O)c(O)c1. The molecule has 0 spiro atoms. The number of phenols is 1. The number of phenolic OH excluding ortho intramolecular Hbond substituents is 1. The lowest BCUT2D eigenvalue weighted by molar-refractivity contribution is -0.136. The molecule has 0 radical (unpaired) electrons. The summed E-state index contributed by atoms with van der Waals surface area (Å²) in [7, 11) is -4.69. The summed E-state index contributed by atoms with van der Waals surface area (Å²) in [6, 6.07) is 3.69. The number of aryl methyl sites for hydroxylation is 1. The van der Waals surface area contributed by atoms with E-state index in [1.165, 1.54) is 12.1 Å². The van der Waals surface area contributed by atoms with Gasteiger partial charge in [0.2, 0.25) is 0 Å². The number of hydrogen-bond donors (Lipinski definition) is 3. The number of carbonyl (C=O) groups is 1. The summed E-state index contributed by atoms with van der Waals surface area (Å²) in [4.78, 5) is 10.3. The van der Waals surface area contributed by atoms with Gasteiger partial charge >= 0.3 is 16.4 Å². The molecule has 0 fully saturated rings. The molecule has 0 saturated heterocycles. The number of carboxylic acids is 1. The normalized spacial score (nSPS) is 11.1. The van der Waals surface area contributed by atoms with E-state index in [0.717, 1.165) is 6.07 Å². The number of hydrogen-bond acceptors (Lipinski definition) is 5. The first kappa shape index (κ1) is 13.3. The molecule has 0 aliphatic rings. The highest BCUT2D eigenvalue weighted by Gasteiger charge is 2.12. The van der Waals surface area contributed by atoms with Gasteiger partial charge in [-0.1, -0.05) is 6.07 Å². The van der Waals surface area contributed by atoms with Gasteiger partial charge in [0.05, 0.1) is 0 Å². The van der Waals surface area contributed by atoms with Gasteiger partial charge in [-0.3, -0.25) is 9.35 Å². The molecule has 0 aliphatic carbocycles. The minimum atomic E-state index is -4.69. The molecule has 0 heterocycles. The van der Waals surface area contributed by atoms with Crippen molar-refractivity contribution >= 4 is 16.4 Å². The van der Waals surface area contributed by atoms with Crippen molar-refractivity contribution in [3.63, 3.8) is 0 Å². The summed E-state index contributed by atoms with van der Waals surface area (Å²) in [6.45, 7) is 0. The van der Waals surface area contributed by atoms with Crippen molar-refractivity contribution in [2.45, 2.75) is 12.8 Å². The monoisotopic (exact) mass is 262 g/mol. The largest absolute Gasteiger partial charge is 0.504 e. The second-order valence-corrected chi connectivity index (χ2v) is 4.23. The van der Waals surface area contributed by atoms with E-state index < -0.39 is 27.9 Å². The zero-order valence-corrected chi connectivity index (χ0v) is 9.35. The lowest BCUT2D eigenvalue weighted by Crippen LogP contribution is -2.06. The molecule has 94 valence electrons. The molecule has 1 aromatic rings. The van der Waals surface area contributed by atoms with Crippen molar-refractivity contribution in [2.75, 3.05) is 0 Å². The highest BCUT2D eigenvalue weighted by Crippen LogP contribution is 2.28. The number of rotatable bonds is 5. The molecule has 0 atom stereocenters. The number of aromatic hydroxyl groups is 1. The van der Waals surface area contributed by atoms with Gasteiger partial charge in [-0.25, -0.2) is 0 Å². The van der Waals surface area contributed by atoms with Gasteiger partial charge in [0.25, 0.3) is 0 Å². The van der Waals surface area contributed by atoms with E-state index in [1.807, 2.05) is 0 Å². The van der Waals surface area contributed by atoms with Crippen LogP contribution in [0.25, 0.3) is 0 Å². The lowest BCUT2D eigenvalue weighted by Gasteiger charge is -2.05. The first-order valence-corrected chi connectivity index (χ1v) is 5.85. The highest BCUT2D eigenvalue weighted by atomic mass is 32.3. The fourth-order valence-corrected chi connectivity index (χ4v) is 1.52. The van der Waals surface area contributed by atoms with Gasteiger partial charge in [-0.05, 0) is 24.1 Å². The second-order valence-electron chi connectivity index (χ2n) is 3.21. The van der Waals surface area contributed by atoms with E-state index in [9.17, 15) is 18.3 Å². The summed E-state index contributed by atoms with van der Waals surface area (Å²) in [6.07, 6.45) is 0.0764. The van der Waals surface area contributed by atoms with Gasteiger partial charge in [0, 0.05) is 6.42 Å². The van der Waals surface area contributed by atoms with Crippen molar-refractivity contribution in [3.05, 3.63) is 23.8 Å². The van der Waals surface area contributed by atoms with Crippen LogP contribution in [0.3, 0.4) is 0 Å². The Bertz CT molecular complexity index is 520. The molecule has 0 saturated carbocycles. The van der Waals surface area contributed by atoms with Crippen LogP contribution in [0.5, 0.6) is 11.5 Å². The summed E-state index contributed by atoms with van der Waals surface area (Å²) in [5.41, 5.74) is 0.507. The van der Waals surface area contributed by atoms with Crippen molar-refractivity contribution < 1.29 is 32.2 Å². The molecule has 0 bridgehead atoms. The molecule has 7 nitrogen and oxygen atoms in total. The Morgan fingerprint density at radius 3 is 2.47 bits per heavy atom. The van der Waals surface area contributed by atoms with Crippen LogP contribution in [-0.2, 0) is 21.6 Å². The number of aliphatic carboxylic acids is 1. The fourth-order valence-electron chi connectivity index (χ4n) is 1.15. The molecule has 17 heavy (non-hydrogen) atoms. The molecule has 0 amide bonds. The van der Waals surface area contributed by atoms with E-state index in [0.29, 0.717) is 5.56 Å². The van der Waals surface area contributed by atoms with Crippen LogP contribution in [0.4, 0.5) is 0 Å². The summed E-state index contributed by atoms with van der Waals surface area (Å²) >= 11 is 0. The zero-order valence-electron chi connectivity index (χ0n) is 8.53. The maximum atomic E-state index is 10.4. The quantitative estimate of drug-likeness (QED) is 0.664. The fraction of sp³-hybridized carbons (Fsp3) is 0.222. The zero-order chi connectivity index (χ0) is 13.1. The Morgan fingerprint density at radius 2 is 2.00 bits per heavy atom. The van der Waals surface area contributed by atoms with Gasteiger partial charge in [-0.15, -0.1) is 0 Å². The molecular formula is C9H10O7S. The second kappa shape index (κ2) is 5.02. The van der Waals surface area contributed by atoms with Gasteiger partial charge in [-0.2, -0.15) is 8.42 Å². The van der Waals surface area contributed by atoms with Gasteiger partial charge < -0.3 is 14.4 Å².